The maximum absolute atomic E-state index is 4.65. The van der Waals surface area contributed by atoms with Crippen LogP contribution in [0.2, 0.25) is 0 Å². The van der Waals surface area contributed by atoms with Gasteiger partial charge in [-0.2, -0.15) is 0 Å². The highest BCUT2D eigenvalue weighted by molar-refractivity contribution is 9.10. The molecule has 4 heteroatoms. The second kappa shape index (κ2) is 5.08. The maximum Gasteiger partial charge on any atom is 0.123 e. The molecule has 2 rings (SSSR count). The molecular formula is C12H13BrN2S. The summed E-state index contributed by atoms with van der Waals surface area (Å²) in [6, 6.07) is 8.25. The topological polar surface area (TPSA) is 24.9 Å². The van der Waals surface area contributed by atoms with E-state index in [2.05, 4.69) is 45.3 Å². The SMILES string of the molecule is CNCc1nc(-c2cccc(Br)c2)sc1C. The second-order valence-electron chi connectivity index (χ2n) is 3.56. The average molecular weight is 297 g/mol. The average Bonchev–Trinajstić information content (AvgIpc) is 2.61. The molecule has 0 aliphatic carbocycles. The number of hydrogen-bond donors (Lipinski definition) is 1. The van der Waals surface area contributed by atoms with Gasteiger partial charge >= 0.3 is 0 Å². The molecule has 0 saturated heterocycles. The molecule has 0 saturated carbocycles. The van der Waals surface area contributed by atoms with Crippen molar-refractivity contribution in [3.63, 3.8) is 0 Å². The van der Waals surface area contributed by atoms with Crippen LogP contribution in [0.1, 0.15) is 10.6 Å². The third-order valence-electron chi connectivity index (χ3n) is 2.31. The molecule has 1 N–H and O–H groups in total. The van der Waals surface area contributed by atoms with Gasteiger partial charge in [0.15, 0.2) is 0 Å². The zero-order chi connectivity index (χ0) is 11.5. The fraction of sp³-hybridized carbons (Fsp3) is 0.250. The van der Waals surface area contributed by atoms with Crippen molar-refractivity contribution in [2.75, 3.05) is 7.05 Å². The summed E-state index contributed by atoms with van der Waals surface area (Å²) in [4.78, 5) is 5.93. The van der Waals surface area contributed by atoms with E-state index in [1.807, 2.05) is 19.2 Å². The van der Waals surface area contributed by atoms with Crippen molar-refractivity contribution >= 4 is 27.3 Å². The van der Waals surface area contributed by atoms with Crippen molar-refractivity contribution in [1.29, 1.82) is 0 Å². The summed E-state index contributed by atoms with van der Waals surface area (Å²) in [5.41, 5.74) is 2.31. The molecule has 0 bridgehead atoms. The number of nitrogens with zero attached hydrogens (tertiary/aromatic N) is 1. The Bertz CT molecular complexity index is 494. The van der Waals surface area contributed by atoms with Crippen LogP contribution in [0.25, 0.3) is 10.6 Å². The molecule has 0 radical (unpaired) electrons. The highest BCUT2D eigenvalue weighted by atomic mass is 79.9. The van der Waals surface area contributed by atoms with Crippen LogP contribution in [-0.4, -0.2) is 12.0 Å². The zero-order valence-corrected chi connectivity index (χ0v) is 11.7. The molecule has 2 nitrogen and oxygen atoms in total. The van der Waals surface area contributed by atoms with Gasteiger partial charge in [0.25, 0.3) is 0 Å². The van der Waals surface area contributed by atoms with Crippen LogP contribution in [0.3, 0.4) is 0 Å². The highest BCUT2D eigenvalue weighted by Gasteiger charge is 2.08. The predicted molar refractivity (Wildman–Crippen MR) is 72.8 cm³/mol. The molecule has 1 heterocycles. The quantitative estimate of drug-likeness (QED) is 0.936. The Morgan fingerprint density at radius 1 is 1.44 bits per heavy atom. The van der Waals surface area contributed by atoms with Crippen LogP contribution in [0.5, 0.6) is 0 Å². The fourth-order valence-corrected chi connectivity index (χ4v) is 2.83. The largest absolute Gasteiger partial charge is 0.314 e. The van der Waals surface area contributed by atoms with Crippen LogP contribution in [-0.2, 0) is 6.54 Å². The third-order valence-corrected chi connectivity index (χ3v) is 3.86. The van der Waals surface area contributed by atoms with Crippen molar-refractivity contribution in [3.05, 3.63) is 39.3 Å². The van der Waals surface area contributed by atoms with Crippen LogP contribution in [0.4, 0.5) is 0 Å². The van der Waals surface area contributed by atoms with Gasteiger partial charge in [0.2, 0.25) is 0 Å². The first kappa shape index (κ1) is 11.8. The van der Waals surface area contributed by atoms with Crippen LogP contribution >= 0.6 is 27.3 Å². The van der Waals surface area contributed by atoms with Crippen molar-refractivity contribution < 1.29 is 0 Å². The van der Waals surface area contributed by atoms with Crippen LogP contribution in [0.15, 0.2) is 28.7 Å². The smallest absolute Gasteiger partial charge is 0.123 e. The van der Waals surface area contributed by atoms with E-state index in [1.54, 1.807) is 11.3 Å². The Kier molecular flexibility index (Phi) is 3.74. The molecule has 1 aromatic heterocycles. The van der Waals surface area contributed by atoms with Crippen molar-refractivity contribution in [2.45, 2.75) is 13.5 Å². The number of benzene rings is 1. The molecule has 0 atom stereocenters. The van der Waals surface area contributed by atoms with E-state index in [1.165, 1.54) is 10.4 Å². The molecule has 0 amide bonds. The van der Waals surface area contributed by atoms with Gasteiger partial charge < -0.3 is 5.32 Å². The number of aryl methyl sites for hydroxylation is 1. The molecule has 84 valence electrons. The van der Waals surface area contributed by atoms with Crippen molar-refractivity contribution in [3.8, 4) is 10.6 Å². The maximum atomic E-state index is 4.65. The summed E-state index contributed by atoms with van der Waals surface area (Å²) in [6.07, 6.45) is 0. The first-order valence-electron chi connectivity index (χ1n) is 5.07. The number of hydrogen-bond acceptors (Lipinski definition) is 3. The number of rotatable bonds is 3. The Balaban J connectivity index is 2.37. The molecule has 1 aromatic carbocycles. The van der Waals surface area contributed by atoms with Gasteiger partial charge in [0.05, 0.1) is 5.69 Å². The minimum absolute atomic E-state index is 0.830. The standard InChI is InChI=1S/C12H13BrN2S/c1-8-11(7-14-2)15-12(16-8)9-4-3-5-10(13)6-9/h3-6,14H,7H2,1-2H3. The van der Waals surface area contributed by atoms with E-state index >= 15 is 0 Å². The summed E-state index contributed by atoms with van der Waals surface area (Å²) in [5, 5.41) is 4.22. The van der Waals surface area contributed by atoms with E-state index in [-0.39, 0.29) is 0 Å². The van der Waals surface area contributed by atoms with Gasteiger partial charge in [-0.1, -0.05) is 28.1 Å². The summed E-state index contributed by atoms with van der Waals surface area (Å²) in [6.45, 7) is 2.95. The lowest BCUT2D eigenvalue weighted by Gasteiger charge is -1.96. The fourth-order valence-electron chi connectivity index (χ4n) is 1.50. The normalized spacial score (nSPS) is 10.7. The van der Waals surface area contributed by atoms with E-state index < -0.39 is 0 Å². The lowest BCUT2D eigenvalue weighted by atomic mass is 10.2. The number of halogens is 1. The molecule has 16 heavy (non-hydrogen) atoms. The third kappa shape index (κ3) is 2.51. The van der Waals surface area contributed by atoms with Gasteiger partial charge in [-0.25, -0.2) is 4.98 Å². The highest BCUT2D eigenvalue weighted by Crippen LogP contribution is 2.29. The Morgan fingerprint density at radius 2 is 2.25 bits per heavy atom. The number of nitrogens with one attached hydrogen (secondary N) is 1. The van der Waals surface area contributed by atoms with Gasteiger partial charge in [0, 0.05) is 21.5 Å². The van der Waals surface area contributed by atoms with Gasteiger partial charge in [-0.15, -0.1) is 11.3 Å². The lowest BCUT2D eigenvalue weighted by molar-refractivity contribution is 0.793. The van der Waals surface area contributed by atoms with E-state index in [0.717, 1.165) is 21.7 Å². The second-order valence-corrected chi connectivity index (χ2v) is 5.68. The molecule has 0 aliphatic heterocycles. The van der Waals surface area contributed by atoms with Crippen molar-refractivity contribution in [2.24, 2.45) is 0 Å². The minimum Gasteiger partial charge on any atom is -0.314 e. The summed E-state index contributed by atoms with van der Waals surface area (Å²) >= 11 is 5.22. The molecular weight excluding hydrogens is 284 g/mol. The number of aromatic nitrogens is 1. The Labute approximate surface area is 108 Å². The zero-order valence-electron chi connectivity index (χ0n) is 9.25. The van der Waals surface area contributed by atoms with E-state index in [0.29, 0.717) is 0 Å². The molecule has 0 spiro atoms. The minimum atomic E-state index is 0.830. The van der Waals surface area contributed by atoms with Gasteiger partial charge in [-0.05, 0) is 26.1 Å². The van der Waals surface area contributed by atoms with Gasteiger partial charge in [0.1, 0.15) is 5.01 Å². The molecule has 0 aliphatic rings. The van der Waals surface area contributed by atoms with Crippen molar-refractivity contribution in [1.82, 2.24) is 10.3 Å². The Morgan fingerprint density at radius 3 is 2.94 bits per heavy atom. The predicted octanol–water partition coefficient (Wildman–Crippen LogP) is 3.60. The van der Waals surface area contributed by atoms with E-state index in [9.17, 15) is 0 Å². The van der Waals surface area contributed by atoms with Crippen LogP contribution in [0, 0.1) is 6.92 Å². The Hall–Kier alpha value is -0.710. The summed E-state index contributed by atoms with van der Waals surface area (Å²) in [7, 11) is 1.94. The summed E-state index contributed by atoms with van der Waals surface area (Å²) < 4.78 is 1.09. The molecule has 2 aromatic rings. The van der Waals surface area contributed by atoms with E-state index in [4.69, 9.17) is 0 Å². The molecule has 0 fully saturated rings. The lowest BCUT2D eigenvalue weighted by Crippen LogP contribution is -2.06. The number of thiazole rings is 1. The molecule has 0 unspecified atom stereocenters. The monoisotopic (exact) mass is 296 g/mol. The summed E-state index contributed by atoms with van der Waals surface area (Å²) in [5.74, 6) is 0. The first-order chi connectivity index (χ1) is 7.70. The first-order valence-corrected chi connectivity index (χ1v) is 6.68. The van der Waals surface area contributed by atoms with Gasteiger partial charge in [-0.3, -0.25) is 0 Å². The van der Waals surface area contributed by atoms with Crippen LogP contribution < -0.4 is 5.32 Å².